The number of hydrogen-bond donors (Lipinski definition) is 2. The zero-order chi connectivity index (χ0) is 12.1. The van der Waals surface area contributed by atoms with Gasteiger partial charge in [-0.1, -0.05) is 0 Å². The van der Waals surface area contributed by atoms with Crippen LogP contribution in [-0.2, 0) is 14.3 Å². The van der Waals surface area contributed by atoms with Gasteiger partial charge in [0.25, 0.3) is 0 Å². The number of carbonyl (C=O) groups excluding carboxylic acids is 1. The average Bonchev–Trinajstić information content (AvgIpc) is 2.73. The van der Waals surface area contributed by atoms with E-state index in [9.17, 15) is 4.79 Å². The Morgan fingerprint density at radius 2 is 2.29 bits per heavy atom. The van der Waals surface area contributed by atoms with Gasteiger partial charge < -0.3 is 20.1 Å². The van der Waals surface area contributed by atoms with Gasteiger partial charge in [-0.05, 0) is 12.8 Å². The number of carbonyl (C=O) groups is 1. The lowest BCUT2D eigenvalue weighted by molar-refractivity contribution is -0.119. The van der Waals surface area contributed by atoms with E-state index in [1.807, 2.05) is 0 Å². The van der Waals surface area contributed by atoms with E-state index in [1.165, 1.54) is 0 Å². The highest BCUT2D eigenvalue weighted by Gasteiger charge is 2.40. The normalized spacial score (nSPS) is 32.9. The van der Waals surface area contributed by atoms with E-state index >= 15 is 0 Å². The fourth-order valence-corrected chi connectivity index (χ4v) is 2.58. The van der Waals surface area contributed by atoms with Crippen LogP contribution in [0.5, 0.6) is 0 Å². The predicted octanol–water partition coefficient (Wildman–Crippen LogP) is 0.0502. The van der Waals surface area contributed by atoms with E-state index in [4.69, 9.17) is 9.47 Å². The zero-order valence-corrected chi connectivity index (χ0v) is 10.5. The summed E-state index contributed by atoms with van der Waals surface area (Å²) in [4.78, 5) is 10.7. The molecule has 0 aliphatic carbocycles. The standard InChI is InChI=1S/C12H22N2O3/c1-10(15)13-4-5-14-11-2-6-17-12(8-11)3-7-16-9-12/h11,14H,2-9H2,1H3,(H,13,15). The number of rotatable bonds is 4. The topological polar surface area (TPSA) is 59.6 Å². The quantitative estimate of drug-likeness (QED) is 0.684. The molecule has 98 valence electrons. The van der Waals surface area contributed by atoms with E-state index in [2.05, 4.69) is 10.6 Å². The molecule has 0 radical (unpaired) electrons. The van der Waals surface area contributed by atoms with Gasteiger partial charge in [-0.2, -0.15) is 0 Å². The van der Waals surface area contributed by atoms with E-state index in [-0.39, 0.29) is 11.5 Å². The van der Waals surface area contributed by atoms with Crippen LogP contribution >= 0.6 is 0 Å². The van der Waals surface area contributed by atoms with Crippen molar-refractivity contribution in [1.29, 1.82) is 0 Å². The van der Waals surface area contributed by atoms with Crippen LogP contribution in [0.25, 0.3) is 0 Å². The molecule has 2 atom stereocenters. The summed E-state index contributed by atoms with van der Waals surface area (Å²) < 4.78 is 11.3. The third-order valence-electron chi connectivity index (χ3n) is 3.49. The third-order valence-corrected chi connectivity index (χ3v) is 3.49. The summed E-state index contributed by atoms with van der Waals surface area (Å²) in [6.07, 6.45) is 3.08. The lowest BCUT2D eigenvalue weighted by Gasteiger charge is -2.37. The smallest absolute Gasteiger partial charge is 0.216 e. The Bertz CT molecular complexity index is 264. The maximum atomic E-state index is 10.7. The van der Waals surface area contributed by atoms with Gasteiger partial charge in [0.05, 0.1) is 12.2 Å². The van der Waals surface area contributed by atoms with Crippen molar-refractivity contribution in [3.63, 3.8) is 0 Å². The van der Waals surface area contributed by atoms with Crippen LogP contribution in [0.4, 0.5) is 0 Å². The lowest BCUT2D eigenvalue weighted by Crippen LogP contribution is -2.48. The van der Waals surface area contributed by atoms with Crippen molar-refractivity contribution in [2.45, 2.75) is 37.8 Å². The predicted molar refractivity (Wildman–Crippen MR) is 63.8 cm³/mol. The molecule has 2 heterocycles. The molecule has 2 unspecified atom stereocenters. The Kier molecular flexibility index (Phi) is 4.36. The van der Waals surface area contributed by atoms with Crippen molar-refractivity contribution in [2.75, 3.05) is 32.9 Å². The molecule has 2 rings (SSSR count). The Labute approximate surface area is 102 Å². The molecule has 2 aliphatic heterocycles. The molecular formula is C12H22N2O3. The summed E-state index contributed by atoms with van der Waals surface area (Å²) in [7, 11) is 0. The zero-order valence-electron chi connectivity index (χ0n) is 10.5. The summed E-state index contributed by atoms with van der Waals surface area (Å²) in [5, 5.41) is 6.27. The van der Waals surface area contributed by atoms with Gasteiger partial charge >= 0.3 is 0 Å². The number of ether oxygens (including phenoxy) is 2. The summed E-state index contributed by atoms with van der Waals surface area (Å²) in [6.45, 7) is 5.41. The number of amides is 1. The first-order valence-corrected chi connectivity index (χ1v) is 6.40. The van der Waals surface area contributed by atoms with Crippen LogP contribution in [-0.4, -0.2) is 50.5 Å². The molecule has 0 saturated carbocycles. The SMILES string of the molecule is CC(=O)NCCNC1CCOC2(CCOC2)C1. The van der Waals surface area contributed by atoms with Gasteiger partial charge in [-0.3, -0.25) is 4.79 Å². The highest BCUT2D eigenvalue weighted by Crippen LogP contribution is 2.32. The molecule has 2 saturated heterocycles. The molecule has 2 N–H and O–H groups in total. The Hall–Kier alpha value is -0.650. The minimum absolute atomic E-state index is 0.0273. The molecule has 5 heteroatoms. The van der Waals surface area contributed by atoms with Gasteiger partial charge in [0.2, 0.25) is 5.91 Å². The summed E-state index contributed by atoms with van der Waals surface area (Å²) >= 11 is 0. The van der Waals surface area contributed by atoms with Crippen molar-refractivity contribution in [3.8, 4) is 0 Å². The molecule has 1 amide bonds. The fraction of sp³-hybridized carbons (Fsp3) is 0.917. The Morgan fingerprint density at radius 3 is 3.00 bits per heavy atom. The van der Waals surface area contributed by atoms with Gasteiger partial charge in [0.1, 0.15) is 0 Å². The first-order valence-electron chi connectivity index (χ1n) is 6.40. The van der Waals surface area contributed by atoms with Crippen LogP contribution in [0.3, 0.4) is 0 Å². The minimum atomic E-state index is -0.0378. The second-order valence-electron chi connectivity index (χ2n) is 4.96. The Balaban J connectivity index is 1.68. The lowest BCUT2D eigenvalue weighted by atomic mass is 9.90. The van der Waals surface area contributed by atoms with E-state index in [0.29, 0.717) is 12.6 Å². The molecule has 17 heavy (non-hydrogen) atoms. The maximum absolute atomic E-state index is 10.7. The van der Waals surface area contributed by atoms with Crippen molar-refractivity contribution >= 4 is 5.91 Å². The Morgan fingerprint density at radius 1 is 1.41 bits per heavy atom. The highest BCUT2D eigenvalue weighted by atomic mass is 16.6. The average molecular weight is 242 g/mol. The molecule has 0 aromatic rings. The van der Waals surface area contributed by atoms with Crippen LogP contribution in [0, 0.1) is 0 Å². The first kappa shape index (κ1) is 12.8. The molecular weight excluding hydrogens is 220 g/mol. The fourth-order valence-electron chi connectivity index (χ4n) is 2.58. The second-order valence-corrected chi connectivity index (χ2v) is 4.96. The third kappa shape index (κ3) is 3.66. The molecule has 2 aliphatic rings. The molecule has 5 nitrogen and oxygen atoms in total. The van der Waals surface area contributed by atoms with E-state index < -0.39 is 0 Å². The molecule has 0 aromatic heterocycles. The van der Waals surface area contributed by atoms with Crippen LogP contribution in [0.2, 0.25) is 0 Å². The second kappa shape index (κ2) is 5.80. The number of hydrogen-bond acceptors (Lipinski definition) is 4. The van der Waals surface area contributed by atoms with Crippen LogP contribution in [0.1, 0.15) is 26.2 Å². The highest BCUT2D eigenvalue weighted by molar-refractivity contribution is 5.72. The van der Waals surface area contributed by atoms with Crippen molar-refractivity contribution in [2.24, 2.45) is 0 Å². The van der Waals surface area contributed by atoms with E-state index in [0.717, 1.165) is 45.6 Å². The molecule has 2 fully saturated rings. The molecule has 0 bridgehead atoms. The first-order chi connectivity index (χ1) is 8.20. The summed E-state index contributed by atoms with van der Waals surface area (Å²) in [6, 6.07) is 0.485. The number of nitrogens with one attached hydrogen (secondary N) is 2. The maximum Gasteiger partial charge on any atom is 0.216 e. The van der Waals surface area contributed by atoms with Gasteiger partial charge in [-0.15, -0.1) is 0 Å². The largest absolute Gasteiger partial charge is 0.378 e. The minimum Gasteiger partial charge on any atom is -0.378 e. The van der Waals surface area contributed by atoms with Gasteiger partial charge in [0.15, 0.2) is 0 Å². The van der Waals surface area contributed by atoms with E-state index in [1.54, 1.807) is 6.92 Å². The van der Waals surface area contributed by atoms with Gasteiger partial charge in [0, 0.05) is 45.7 Å². The van der Waals surface area contributed by atoms with Crippen LogP contribution in [0.15, 0.2) is 0 Å². The molecule has 1 spiro atoms. The summed E-state index contributed by atoms with van der Waals surface area (Å²) in [5.74, 6) is 0.0273. The molecule has 0 aromatic carbocycles. The monoisotopic (exact) mass is 242 g/mol. The van der Waals surface area contributed by atoms with Gasteiger partial charge in [-0.25, -0.2) is 0 Å². The van der Waals surface area contributed by atoms with Crippen molar-refractivity contribution < 1.29 is 14.3 Å². The van der Waals surface area contributed by atoms with Crippen molar-refractivity contribution in [3.05, 3.63) is 0 Å². The van der Waals surface area contributed by atoms with Crippen molar-refractivity contribution in [1.82, 2.24) is 10.6 Å². The summed E-state index contributed by atoms with van der Waals surface area (Å²) in [5.41, 5.74) is -0.0378. The van der Waals surface area contributed by atoms with Crippen LogP contribution < -0.4 is 10.6 Å².